The Labute approximate surface area is 189 Å². The van der Waals surface area contributed by atoms with E-state index in [-0.39, 0.29) is 0 Å². The second-order valence-electron chi connectivity index (χ2n) is 6.66. The second kappa shape index (κ2) is 14.0. The molecular weight excluding hydrogens is 594 g/mol. The monoisotopic (exact) mass is 619 g/mol. The van der Waals surface area contributed by atoms with Gasteiger partial charge in [-0.3, -0.25) is 9.97 Å². The molecule has 0 amide bonds. The molecular formula is C22H27Cl3N3Ta. The Kier molecular flexibility index (Phi) is 12.6. The van der Waals surface area contributed by atoms with Crippen LogP contribution >= 0.6 is 27.6 Å². The predicted octanol–water partition coefficient (Wildman–Crippen LogP) is 8.53. The first-order valence-electron chi connectivity index (χ1n) is 9.26. The fraction of sp³-hybridized carbons (Fsp3) is 0.273. The molecule has 29 heavy (non-hydrogen) atoms. The topological polar surface area (TPSA) is 38.1 Å². The van der Waals surface area contributed by atoms with E-state index in [0.717, 1.165) is 5.69 Å². The van der Waals surface area contributed by atoms with Gasteiger partial charge in [0.25, 0.3) is 0 Å². The van der Waals surface area contributed by atoms with Crippen molar-refractivity contribution < 1.29 is 13.7 Å². The standard InChI is InChI=1S/C12H17N.2C5H5N.3ClH.Ta/c1-8(2)10-6-5-7-11(9(3)4)12(10)13;2*1-2-4-6-5-3-1;;;;/h5-9H,1-4H3;2*1-5H;3*1H;/q;;;;;;+3/p-3. The van der Waals surface area contributed by atoms with Gasteiger partial charge in [-0.2, -0.15) is 0 Å². The first-order chi connectivity index (χ1) is 13.7. The Balaban J connectivity index is 0.000000281. The summed E-state index contributed by atoms with van der Waals surface area (Å²) in [6.07, 6.45) is 7.00. The van der Waals surface area contributed by atoms with E-state index < -0.39 is 13.7 Å². The van der Waals surface area contributed by atoms with E-state index in [1.165, 1.54) is 11.1 Å². The van der Waals surface area contributed by atoms with Crippen LogP contribution in [0.1, 0.15) is 50.7 Å². The minimum absolute atomic E-state index is 0.381. The van der Waals surface area contributed by atoms with Crippen molar-refractivity contribution in [2.45, 2.75) is 39.5 Å². The molecule has 0 N–H and O–H groups in total. The molecule has 1 aromatic carbocycles. The number of rotatable bonds is 3. The molecule has 0 radical (unpaired) electrons. The van der Waals surface area contributed by atoms with Crippen LogP contribution in [0.3, 0.4) is 0 Å². The number of aromatic nitrogens is 2. The third-order valence-corrected chi connectivity index (χ3v) is 7.08. The summed E-state index contributed by atoms with van der Waals surface area (Å²) in [5, 5.41) is 0. The van der Waals surface area contributed by atoms with Crippen LogP contribution in [-0.2, 0) is 13.7 Å². The van der Waals surface area contributed by atoms with E-state index in [4.69, 9.17) is 27.6 Å². The van der Waals surface area contributed by atoms with E-state index in [2.05, 4.69) is 59.2 Å². The summed E-state index contributed by atoms with van der Waals surface area (Å²) in [5.74, 6) is 0.763. The molecule has 0 saturated carbocycles. The number of halogens is 3. The van der Waals surface area contributed by atoms with Crippen molar-refractivity contribution >= 4 is 33.3 Å². The van der Waals surface area contributed by atoms with Crippen molar-refractivity contribution in [3.63, 3.8) is 0 Å². The maximum absolute atomic E-state index is 6.00. The number of hydrogen-bond acceptors (Lipinski definition) is 3. The molecule has 2 aromatic heterocycles. The molecule has 7 heteroatoms. The summed E-state index contributed by atoms with van der Waals surface area (Å²) in [5.41, 5.74) is 3.25. The van der Waals surface area contributed by atoms with E-state index in [0.29, 0.717) is 11.8 Å². The SMILES string of the molecule is CC(C)c1cccc(C(C)C)c1[N]=[Ta]([Cl])([Cl])[Cl].c1ccncc1.c1ccncc1. The van der Waals surface area contributed by atoms with Gasteiger partial charge in [0, 0.05) is 24.8 Å². The second-order valence-corrected chi connectivity index (χ2v) is 26.7. The molecule has 2 heterocycles. The Bertz CT molecular complexity index is 748. The van der Waals surface area contributed by atoms with Crippen molar-refractivity contribution in [1.82, 2.24) is 9.97 Å². The molecule has 0 saturated heterocycles. The third kappa shape index (κ3) is 11.6. The molecule has 0 aliphatic rings. The number of pyridine rings is 2. The minimum Gasteiger partial charge on any atom is -0.265 e. The van der Waals surface area contributed by atoms with Crippen LogP contribution < -0.4 is 0 Å². The molecule has 0 aliphatic heterocycles. The molecule has 3 aromatic rings. The van der Waals surface area contributed by atoms with E-state index in [1.807, 2.05) is 36.4 Å². The molecule has 0 bridgehead atoms. The molecule has 3 nitrogen and oxygen atoms in total. The average Bonchev–Trinajstić information content (AvgIpc) is 2.70. The van der Waals surface area contributed by atoms with E-state index in [9.17, 15) is 0 Å². The summed E-state index contributed by atoms with van der Waals surface area (Å²) in [4.78, 5) is 7.57. The fourth-order valence-corrected chi connectivity index (χ4v) is 5.87. The van der Waals surface area contributed by atoms with Crippen LogP contribution in [0.4, 0.5) is 5.69 Å². The van der Waals surface area contributed by atoms with Gasteiger partial charge < -0.3 is 0 Å². The zero-order valence-corrected chi connectivity index (χ0v) is 22.6. The third-order valence-electron chi connectivity index (χ3n) is 3.69. The van der Waals surface area contributed by atoms with Gasteiger partial charge in [-0.1, -0.05) is 12.1 Å². The van der Waals surface area contributed by atoms with Gasteiger partial charge in [-0.05, 0) is 24.3 Å². The zero-order chi connectivity index (χ0) is 21.7. The van der Waals surface area contributed by atoms with Crippen molar-refractivity contribution in [2.75, 3.05) is 0 Å². The molecule has 0 spiro atoms. The van der Waals surface area contributed by atoms with Crippen LogP contribution in [0.5, 0.6) is 0 Å². The van der Waals surface area contributed by atoms with Gasteiger partial charge in [-0.25, -0.2) is 0 Å². The quantitative estimate of drug-likeness (QED) is 0.294. The van der Waals surface area contributed by atoms with E-state index >= 15 is 0 Å². The van der Waals surface area contributed by atoms with Gasteiger partial charge in [-0.15, -0.1) is 0 Å². The zero-order valence-electron chi connectivity index (χ0n) is 17.1. The molecule has 0 fully saturated rings. The number of nitrogens with zero attached hydrogens (tertiary/aromatic N) is 3. The normalized spacial score (nSPS) is 10.5. The number of hydrogen-bond donors (Lipinski definition) is 0. The average molecular weight is 621 g/mol. The Morgan fingerprint density at radius 1 is 0.655 bits per heavy atom. The van der Waals surface area contributed by atoms with Crippen LogP contribution in [0.2, 0.25) is 0 Å². The maximum Gasteiger partial charge on any atom is 0.0267 e. The van der Waals surface area contributed by atoms with Crippen LogP contribution in [0, 0.1) is 0 Å². The first kappa shape index (κ1) is 26.0. The van der Waals surface area contributed by atoms with Crippen LogP contribution in [0.25, 0.3) is 0 Å². The molecule has 0 atom stereocenters. The molecule has 0 unspecified atom stereocenters. The minimum atomic E-state index is -3.79. The van der Waals surface area contributed by atoms with Gasteiger partial charge in [0.15, 0.2) is 0 Å². The van der Waals surface area contributed by atoms with Gasteiger partial charge in [0.1, 0.15) is 0 Å². The maximum atomic E-state index is 6.00. The fourth-order valence-electron chi connectivity index (χ4n) is 2.37. The Morgan fingerprint density at radius 3 is 1.24 bits per heavy atom. The Morgan fingerprint density at radius 2 is 1.03 bits per heavy atom. The smallest absolute Gasteiger partial charge is 0.0267 e. The predicted molar refractivity (Wildman–Crippen MR) is 123 cm³/mol. The molecule has 156 valence electrons. The summed E-state index contributed by atoms with van der Waals surface area (Å²) in [6.45, 7) is 8.53. The first-order valence-corrected chi connectivity index (χ1v) is 22.6. The summed E-state index contributed by atoms with van der Waals surface area (Å²) in [7, 11) is 18.0. The summed E-state index contributed by atoms with van der Waals surface area (Å²) < 4.78 is 4.45. The summed E-state index contributed by atoms with van der Waals surface area (Å²) in [6, 6.07) is 17.6. The molecule has 0 aliphatic carbocycles. The Hall–Kier alpha value is -1.07. The summed E-state index contributed by atoms with van der Waals surface area (Å²) >= 11 is -3.79. The van der Waals surface area contributed by atoms with Crippen molar-refractivity contribution in [3.8, 4) is 0 Å². The van der Waals surface area contributed by atoms with Gasteiger partial charge in [0.05, 0.1) is 0 Å². The largest absolute Gasteiger partial charge is 0.265 e. The van der Waals surface area contributed by atoms with E-state index in [1.54, 1.807) is 24.8 Å². The van der Waals surface area contributed by atoms with Crippen molar-refractivity contribution in [1.29, 1.82) is 0 Å². The molecule has 3 rings (SSSR count). The van der Waals surface area contributed by atoms with Gasteiger partial charge in [0.2, 0.25) is 0 Å². The van der Waals surface area contributed by atoms with Crippen molar-refractivity contribution in [2.24, 2.45) is 3.34 Å². The van der Waals surface area contributed by atoms with Gasteiger partial charge >= 0.3 is 119 Å². The number of benzene rings is 1. The van der Waals surface area contributed by atoms with Crippen molar-refractivity contribution in [3.05, 3.63) is 90.5 Å². The van der Waals surface area contributed by atoms with Crippen LogP contribution in [0.15, 0.2) is 82.7 Å². The van der Waals surface area contributed by atoms with Crippen LogP contribution in [-0.4, -0.2) is 9.97 Å².